The van der Waals surface area contributed by atoms with Crippen molar-refractivity contribution in [3.63, 3.8) is 0 Å². The van der Waals surface area contributed by atoms with Gasteiger partial charge in [-0.15, -0.1) is 6.58 Å². The second kappa shape index (κ2) is 3.24. The molecule has 0 aromatic heterocycles. The van der Waals surface area contributed by atoms with E-state index in [0.29, 0.717) is 5.47 Å². The Balaban J connectivity index is 3.22. The van der Waals surface area contributed by atoms with E-state index in [4.69, 9.17) is 7.85 Å². The molecule has 1 rings (SSSR count). The Labute approximate surface area is 68.7 Å². The summed E-state index contributed by atoms with van der Waals surface area (Å²) < 4.78 is 0. The van der Waals surface area contributed by atoms with Crippen molar-refractivity contribution in [1.82, 2.24) is 0 Å². The van der Waals surface area contributed by atoms with Crippen LogP contribution in [0.2, 0.25) is 0 Å². The zero-order valence-electron chi connectivity index (χ0n) is 6.38. The minimum Gasteiger partial charge on any atom is -0.106 e. The zero-order chi connectivity index (χ0) is 8.27. The third-order valence-electron chi connectivity index (χ3n) is 1.53. The van der Waals surface area contributed by atoms with E-state index < -0.39 is 0 Å². The van der Waals surface area contributed by atoms with Crippen LogP contribution >= 0.6 is 0 Å². The second-order valence-corrected chi connectivity index (χ2v) is 2.32. The third kappa shape index (κ3) is 1.61. The molecule has 0 spiro atoms. The van der Waals surface area contributed by atoms with Crippen molar-refractivity contribution < 1.29 is 0 Å². The van der Waals surface area contributed by atoms with Crippen molar-refractivity contribution in [3.05, 3.63) is 48.6 Å². The molecule has 0 saturated heterocycles. The summed E-state index contributed by atoms with van der Waals surface area (Å²) >= 11 is 0. The molecular weight excluding hydrogens is 131 g/mol. The van der Waals surface area contributed by atoms with E-state index in [1.165, 1.54) is 0 Å². The lowest BCUT2D eigenvalue weighted by Crippen LogP contribution is -1.85. The molecule has 1 aromatic carbocycles. The Morgan fingerprint density at radius 3 is 2.45 bits per heavy atom. The van der Waals surface area contributed by atoms with Crippen LogP contribution < -0.4 is 0 Å². The van der Waals surface area contributed by atoms with Gasteiger partial charge in [0.05, 0.1) is 0 Å². The highest BCUT2D eigenvalue weighted by atomic mass is 14.0. The highest BCUT2D eigenvalue weighted by Gasteiger charge is 1.95. The van der Waals surface area contributed by atoms with Gasteiger partial charge in [0.15, 0.2) is 0 Å². The maximum absolute atomic E-state index is 5.55. The van der Waals surface area contributed by atoms with Crippen LogP contribution in [0.15, 0.2) is 37.4 Å². The Morgan fingerprint density at radius 2 is 2.00 bits per heavy atom. The Morgan fingerprint density at radius 1 is 1.36 bits per heavy atom. The van der Waals surface area contributed by atoms with E-state index in [1.54, 1.807) is 6.08 Å². The molecule has 0 saturated carbocycles. The molecule has 52 valence electrons. The van der Waals surface area contributed by atoms with Gasteiger partial charge in [0.25, 0.3) is 0 Å². The summed E-state index contributed by atoms with van der Waals surface area (Å²) in [5, 5.41) is 0. The average Bonchev–Trinajstić information content (AvgIpc) is 2.04. The summed E-state index contributed by atoms with van der Waals surface area (Å²) in [7, 11) is 5.55. The molecule has 2 radical (unpaired) electrons. The predicted octanol–water partition coefficient (Wildman–Crippen LogP) is 2.47. The second-order valence-electron chi connectivity index (χ2n) is 2.32. The Bertz CT molecular complexity index is 287. The monoisotopic (exact) mass is 140 g/mol. The van der Waals surface area contributed by atoms with Crippen molar-refractivity contribution >= 4 is 19.4 Å². The SMILES string of the molecule is [B]C(=C)c1ccccc1C=C. The molecule has 0 aliphatic carbocycles. The maximum atomic E-state index is 5.55. The van der Waals surface area contributed by atoms with E-state index in [0.717, 1.165) is 11.1 Å². The van der Waals surface area contributed by atoms with Crippen molar-refractivity contribution in [2.24, 2.45) is 0 Å². The quantitative estimate of drug-likeness (QED) is 0.553. The topological polar surface area (TPSA) is 0 Å². The maximum Gasteiger partial charge on any atom is 0.113 e. The fourth-order valence-electron chi connectivity index (χ4n) is 0.967. The van der Waals surface area contributed by atoms with E-state index in [-0.39, 0.29) is 0 Å². The van der Waals surface area contributed by atoms with Crippen LogP contribution in [0, 0.1) is 0 Å². The first-order chi connectivity index (χ1) is 5.25. The first-order valence-corrected chi connectivity index (χ1v) is 3.42. The Hall–Kier alpha value is -1.24. The summed E-state index contributed by atoms with van der Waals surface area (Å²) in [6.07, 6.45) is 1.77. The number of benzene rings is 1. The molecule has 0 amide bonds. The molecule has 0 aliphatic heterocycles. The van der Waals surface area contributed by atoms with Gasteiger partial charge in [0, 0.05) is 0 Å². The van der Waals surface area contributed by atoms with Crippen LogP contribution in [-0.2, 0) is 0 Å². The number of rotatable bonds is 2. The minimum atomic E-state index is 0.584. The van der Waals surface area contributed by atoms with Crippen molar-refractivity contribution in [2.75, 3.05) is 0 Å². The number of hydrogen-bond donors (Lipinski definition) is 0. The average molecular weight is 140 g/mol. The smallest absolute Gasteiger partial charge is 0.106 e. The predicted molar refractivity (Wildman–Crippen MR) is 51.3 cm³/mol. The molecule has 11 heavy (non-hydrogen) atoms. The van der Waals surface area contributed by atoms with Crippen LogP contribution in [0.3, 0.4) is 0 Å². The molecule has 0 fully saturated rings. The molecule has 0 atom stereocenters. The van der Waals surface area contributed by atoms with E-state index >= 15 is 0 Å². The molecule has 0 aliphatic rings. The van der Waals surface area contributed by atoms with Gasteiger partial charge < -0.3 is 0 Å². The zero-order valence-corrected chi connectivity index (χ0v) is 6.38. The van der Waals surface area contributed by atoms with E-state index in [2.05, 4.69) is 13.2 Å². The van der Waals surface area contributed by atoms with Gasteiger partial charge in [0.1, 0.15) is 7.85 Å². The minimum absolute atomic E-state index is 0.584. The summed E-state index contributed by atoms with van der Waals surface area (Å²) in [6.45, 7) is 7.34. The van der Waals surface area contributed by atoms with Crippen LogP contribution in [0.1, 0.15) is 11.1 Å². The third-order valence-corrected chi connectivity index (χ3v) is 1.53. The van der Waals surface area contributed by atoms with Gasteiger partial charge in [0.2, 0.25) is 0 Å². The summed E-state index contributed by atoms with van der Waals surface area (Å²) in [5.74, 6) is 0. The lowest BCUT2D eigenvalue weighted by atomic mass is 9.87. The highest BCUT2D eigenvalue weighted by Crippen LogP contribution is 2.15. The highest BCUT2D eigenvalue weighted by molar-refractivity contribution is 6.42. The van der Waals surface area contributed by atoms with E-state index in [1.807, 2.05) is 24.3 Å². The van der Waals surface area contributed by atoms with Gasteiger partial charge in [-0.05, 0) is 11.1 Å². The van der Waals surface area contributed by atoms with Crippen LogP contribution in [0.5, 0.6) is 0 Å². The van der Waals surface area contributed by atoms with Crippen molar-refractivity contribution in [3.8, 4) is 0 Å². The van der Waals surface area contributed by atoms with Crippen molar-refractivity contribution in [2.45, 2.75) is 0 Å². The van der Waals surface area contributed by atoms with Gasteiger partial charge >= 0.3 is 0 Å². The molecule has 0 N–H and O–H groups in total. The first-order valence-electron chi connectivity index (χ1n) is 3.42. The largest absolute Gasteiger partial charge is 0.113 e. The van der Waals surface area contributed by atoms with Crippen LogP contribution in [0.25, 0.3) is 11.5 Å². The van der Waals surface area contributed by atoms with Gasteiger partial charge in [-0.2, -0.15) is 0 Å². The van der Waals surface area contributed by atoms with E-state index in [9.17, 15) is 0 Å². The fraction of sp³-hybridized carbons (Fsp3) is 0. The lowest BCUT2D eigenvalue weighted by Gasteiger charge is -2.03. The van der Waals surface area contributed by atoms with Gasteiger partial charge in [-0.25, -0.2) is 0 Å². The summed E-state index contributed by atoms with van der Waals surface area (Å²) in [4.78, 5) is 0. The molecular formula is C10H9B. The molecule has 0 bridgehead atoms. The van der Waals surface area contributed by atoms with Crippen molar-refractivity contribution in [1.29, 1.82) is 0 Å². The molecule has 0 nitrogen and oxygen atoms in total. The van der Waals surface area contributed by atoms with Gasteiger partial charge in [-0.3, -0.25) is 0 Å². The summed E-state index contributed by atoms with van der Waals surface area (Å²) in [5.41, 5.74) is 2.57. The summed E-state index contributed by atoms with van der Waals surface area (Å²) in [6, 6.07) is 7.77. The van der Waals surface area contributed by atoms with Gasteiger partial charge in [-0.1, -0.05) is 42.4 Å². The Kier molecular flexibility index (Phi) is 2.32. The van der Waals surface area contributed by atoms with Crippen LogP contribution in [-0.4, -0.2) is 7.85 Å². The fourth-order valence-corrected chi connectivity index (χ4v) is 0.967. The molecule has 1 heteroatoms. The molecule has 1 aromatic rings. The lowest BCUT2D eigenvalue weighted by molar-refractivity contribution is 1.61. The normalized spacial score (nSPS) is 9.09. The molecule has 0 heterocycles. The molecule has 0 unspecified atom stereocenters. The number of hydrogen-bond acceptors (Lipinski definition) is 0. The van der Waals surface area contributed by atoms with Crippen LogP contribution in [0.4, 0.5) is 0 Å². The first kappa shape index (κ1) is 7.87. The standard InChI is InChI=1S/C10H9B/c1-3-9-6-4-5-7-10(9)8(2)11/h3-7H,1-2H2.